The highest BCUT2D eigenvalue weighted by atomic mass is 16.1. The van der Waals surface area contributed by atoms with Crippen LogP contribution in [0.1, 0.15) is 64.2 Å². The first-order chi connectivity index (χ1) is 8.83. The van der Waals surface area contributed by atoms with Crippen LogP contribution in [-0.2, 0) is 4.79 Å². The number of ketones is 1. The minimum absolute atomic E-state index is 0.559. The molecule has 0 radical (unpaired) electrons. The van der Waals surface area contributed by atoms with Crippen molar-refractivity contribution < 1.29 is 4.79 Å². The van der Waals surface area contributed by atoms with Crippen molar-refractivity contribution in [3.63, 3.8) is 0 Å². The van der Waals surface area contributed by atoms with Crippen molar-refractivity contribution in [3.05, 3.63) is 0 Å². The molecular formula is C17H26O. The van der Waals surface area contributed by atoms with Crippen molar-refractivity contribution >= 4 is 5.78 Å². The van der Waals surface area contributed by atoms with Gasteiger partial charge in [0.15, 0.2) is 0 Å². The van der Waals surface area contributed by atoms with Crippen LogP contribution in [0.5, 0.6) is 0 Å². The van der Waals surface area contributed by atoms with Crippen molar-refractivity contribution in [3.8, 4) is 0 Å². The van der Waals surface area contributed by atoms with Crippen LogP contribution in [0.25, 0.3) is 0 Å². The van der Waals surface area contributed by atoms with Crippen LogP contribution in [0.3, 0.4) is 0 Å². The number of carbonyl (C=O) groups excluding carboxylic acids is 1. The van der Waals surface area contributed by atoms with E-state index in [1.54, 1.807) is 0 Å². The van der Waals surface area contributed by atoms with Crippen LogP contribution in [0.15, 0.2) is 0 Å². The highest BCUT2D eigenvalue weighted by molar-refractivity contribution is 5.79. The Morgan fingerprint density at radius 1 is 0.667 bits per heavy atom. The number of fused-ring (bicyclic) bond motifs is 5. The first-order valence-corrected chi connectivity index (χ1v) is 8.34. The Morgan fingerprint density at radius 3 is 2.22 bits per heavy atom. The Morgan fingerprint density at radius 2 is 1.39 bits per heavy atom. The van der Waals surface area contributed by atoms with E-state index >= 15 is 0 Å². The summed E-state index contributed by atoms with van der Waals surface area (Å²) in [6.07, 6.45) is 13.5. The lowest BCUT2D eigenvalue weighted by Crippen LogP contribution is -2.44. The van der Waals surface area contributed by atoms with Gasteiger partial charge in [-0.1, -0.05) is 12.8 Å². The summed E-state index contributed by atoms with van der Waals surface area (Å²) in [7, 11) is 0. The smallest absolute Gasteiger partial charge is 0.133 e. The first-order valence-electron chi connectivity index (χ1n) is 8.34. The van der Waals surface area contributed by atoms with E-state index in [1.807, 2.05) is 0 Å². The molecule has 0 aliphatic heterocycles. The van der Waals surface area contributed by atoms with Gasteiger partial charge in [-0.2, -0.15) is 0 Å². The molecule has 0 N–H and O–H groups in total. The topological polar surface area (TPSA) is 17.1 Å². The van der Waals surface area contributed by atoms with Crippen LogP contribution in [0.2, 0.25) is 0 Å². The minimum Gasteiger partial charge on any atom is -0.300 e. The molecule has 0 spiro atoms. The second kappa shape index (κ2) is 4.35. The molecule has 1 unspecified atom stereocenters. The first kappa shape index (κ1) is 11.5. The third-order valence-electron chi connectivity index (χ3n) is 6.96. The van der Waals surface area contributed by atoms with E-state index in [-0.39, 0.29) is 0 Å². The van der Waals surface area contributed by atoms with Gasteiger partial charge in [-0.25, -0.2) is 0 Å². The van der Waals surface area contributed by atoms with E-state index in [1.165, 1.54) is 51.4 Å². The SMILES string of the molecule is O=C1CC[C@H]2C(CC[C@H]3[C@@H]4CCC[C@H]4CC[C@@H]32)C1. The van der Waals surface area contributed by atoms with Gasteiger partial charge < -0.3 is 0 Å². The molecule has 4 saturated carbocycles. The van der Waals surface area contributed by atoms with Crippen molar-refractivity contribution in [2.75, 3.05) is 0 Å². The quantitative estimate of drug-likeness (QED) is 0.626. The predicted octanol–water partition coefficient (Wildman–Crippen LogP) is 4.21. The summed E-state index contributed by atoms with van der Waals surface area (Å²) < 4.78 is 0. The van der Waals surface area contributed by atoms with E-state index in [4.69, 9.17) is 0 Å². The molecule has 1 heteroatoms. The molecule has 1 nitrogen and oxygen atoms in total. The molecule has 6 atom stereocenters. The van der Waals surface area contributed by atoms with Crippen LogP contribution < -0.4 is 0 Å². The van der Waals surface area contributed by atoms with Gasteiger partial charge in [-0.05, 0) is 74.0 Å². The summed E-state index contributed by atoms with van der Waals surface area (Å²) in [5.41, 5.74) is 0. The standard InChI is InChI=1S/C17H26O/c18-13-6-9-15-12(10-13)5-8-16-14-3-1-2-11(14)4-7-17(15)16/h11-12,14-17H,1-10H2/t11-,12?,14+,15-,16-,17+/m0/s1. The Hall–Kier alpha value is -0.330. The summed E-state index contributed by atoms with van der Waals surface area (Å²) >= 11 is 0. The van der Waals surface area contributed by atoms with Gasteiger partial charge in [-0.15, -0.1) is 0 Å². The van der Waals surface area contributed by atoms with Crippen LogP contribution >= 0.6 is 0 Å². The average molecular weight is 246 g/mol. The maximum atomic E-state index is 11.7. The Kier molecular flexibility index (Phi) is 2.78. The van der Waals surface area contributed by atoms with Gasteiger partial charge in [0.1, 0.15) is 5.78 Å². The normalized spacial score (nSPS) is 51.4. The molecule has 100 valence electrons. The molecule has 0 saturated heterocycles. The van der Waals surface area contributed by atoms with Gasteiger partial charge >= 0.3 is 0 Å². The van der Waals surface area contributed by atoms with E-state index in [2.05, 4.69) is 0 Å². The summed E-state index contributed by atoms with van der Waals surface area (Å²) in [5.74, 6) is 6.52. The van der Waals surface area contributed by atoms with E-state index in [0.29, 0.717) is 5.78 Å². The molecule has 4 aliphatic rings. The fourth-order valence-electron chi connectivity index (χ4n) is 6.28. The van der Waals surface area contributed by atoms with E-state index < -0.39 is 0 Å². The zero-order chi connectivity index (χ0) is 12.1. The van der Waals surface area contributed by atoms with Crippen molar-refractivity contribution in [2.24, 2.45) is 35.5 Å². The largest absolute Gasteiger partial charge is 0.300 e. The zero-order valence-electron chi connectivity index (χ0n) is 11.4. The van der Waals surface area contributed by atoms with E-state index in [0.717, 1.165) is 48.3 Å². The molecule has 0 aromatic rings. The molecule has 4 aliphatic carbocycles. The third kappa shape index (κ3) is 1.69. The third-order valence-corrected chi connectivity index (χ3v) is 6.96. The molecule has 0 bridgehead atoms. The second-order valence-electron chi connectivity index (χ2n) is 7.54. The molecule has 0 heterocycles. The molecule has 4 rings (SSSR count). The number of rotatable bonds is 0. The second-order valence-corrected chi connectivity index (χ2v) is 7.54. The summed E-state index contributed by atoms with van der Waals surface area (Å²) in [6, 6.07) is 0. The van der Waals surface area contributed by atoms with Gasteiger partial charge in [0.05, 0.1) is 0 Å². The predicted molar refractivity (Wildman–Crippen MR) is 72.1 cm³/mol. The fraction of sp³-hybridized carbons (Fsp3) is 0.941. The van der Waals surface area contributed by atoms with Crippen LogP contribution in [0, 0.1) is 35.5 Å². The van der Waals surface area contributed by atoms with Crippen molar-refractivity contribution in [1.29, 1.82) is 0 Å². The number of hydrogen-bond donors (Lipinski definition) is 0. The van der Waals surface area contributed by atoms with Gasteiger partial charge in [0.25, 0.3) is 0 Å². The van der Waals surface area contributed by atoms with Gasteiger partial charge in [-0.3, -0.25) is 4.79 Å². The van der Waals surface area contributed by atoms with Crippen molar-refractivity contribution in [1.82, 2.24) is 0 Å². The number of carbonyl (C=O) groups is 1. The Balaban J connectivity index is 1.55. The molecular weight excluding hydrogens is 220 g/mol. The minimum atomic E-state index is 0.559. The fourth-order valence-corrected chi connectivity index (χ4v) is 6.28. The summed E-state index contributed by atoms with van der Waals surface area (Å²) in [6.45, 7) is 0. The molecule has 4 fully saturated rings. The zero-order valence-corrected chi connectivity index (χ0v) is 11.4. The van der Waals surface area contributed by atoms with Crippen LogP contribution in [0.4, 0.5) is 0 Å². The summed E-state index contributed by atoms with van der Waals surface area (Å²) in [4.78, 5) is 11.7. The Bertz CT molecular complexity index is 348. The number of hydrogen-bond acceptors (Lipinski definition) is 1. The van der Waals surface area contributed by atoms with Crippen molar-refractivity contribution in [2.45, 2.75) is 64.2 Å². The molecule has 0 aromatic heterocycles. The average Bonchev–Trinajstić information content (AvgIpc) is 2.86. The van der Waals surface area contributed by atoms with E-state index in [9.17, 15) is 4.79 Å². The van der Waals surface area contributed by atoms with Crippen LogP contribution in [-0.4, -0.2) is 5.78 Å². The van der Waals surface area contributed by atoms with Gasteiger partial charge in [0.2, 0.25) is 0 Å². The lowest BCUT2D eigenvalue weighted by molar-refractivity contribution is -0.126. The lowest BCUT2D eigenvalue weighted by atomic mass is 9.54. The summed E-state index contributed by atoms with van der Waals surface area (Å²) in [5, 5.41) is 0. The Labute approximate surface area is 111 Å². The lowest BCUT2D eigenvalue weighted by Gasteiger charge is -2.51. The maximum absolute atomic E-state index is 11.7. The molecule has 18 heavy (non-hydrogen) atoms. The highest BCUT2D eigenvalue weighted by Crippen LogP contribution is 2.57. The molecule has 0 aromatic carbocycles. The maximum Gasteiger partial charge on any atom is 0.133 e. The van der Waals surface area contributed by atoms with Gasteiger partial charge in [0, 0.05) is 12.8 Å². The molecule has 0 amide bonds. The number of Topliss-reactive ketones (excluding diaryl/α,β-unsaturated/α-hetero) is 1. The highest BCUT2D eigenvalue weighted by Gasteiger charge is 2.49. The monoisotopic (exact) mass is 246 g/mol.